The van der Waals surface area contributed by atoms with Crippen LogP contribution in [-0.4, -0.2) is 12.0 Å². The van der Waals surface area contributed by atoms with Crippen molar-refractivity contribution >= 4 is 23.6 Å². The Bertz CT molecular complexity index is 891. The van der Waals surface area contributed by atoms with Crippen molar-refractivity contribution in [2.24, 2.45) is 0 Å². The molecule has 0 aliphatic carbocycles. The van der Waals surface area contributed by atoms with E-state index in [9.17, 15) is 14.0 Å². The first-order chi connectivity index (χ1) is 12.8. The molecule has 2 aromatic rings. The van der Waals surface area contributed by atoms with Gasteiger partial charge >= 0.3 is 6.09 Å². The summed E-state index contributed by atoms with van der Waals surface area (Å²) in [6.45, 7) is 12.3. The number of hydrogen-bond donors (Lipinski definition) is 1. The molecular weight excluding hydrogens is 381 g/mol. The van der Waals surface area contributed by atoms with E-state index in [4.69, 9.17) is 16.3 Å². The Kier molecular flexibility index (Phi) is 6.19. The molecule has 0 unspecified atom stereocenters. The summed E-state index contributed by atoms with van der Waals surface area (Å²) in [5.74, 6) is -1.44. The van der Waals surface area contributed by atoms with Gasteiger partial charge in [0.05, 0.1) is 10.6 Å². The number of ether oxygens (including phenoxy) is 1. The Morgan fingerprint density at radius 2 is 1.64 bits per heavy atom. The lowest BCUT2D eigenvalue weighted by molar-refractivity contribution is 0.0947. The van der Waals surface area contributed by atoms with Gasteiger partial charge in [0.1, 0.15) is 11.6 Å². The number of amides is 2. The average molecular weight is 406 g/mol. The molecule has 2 rings (SSSR count). The highest BCUT2D eigenvalue weighted by Gasteiger charge is 2.25. The zero-order chi connectivity index (χ0) is 21.3. The average Bonchev–Trinajstić information content (AvgIpc) is 2.52. The number of nitrogens with one attached hydrogen (secondary N) is 1. The van der Waals surface area contributed by atoms with Crippen LogP contribution in [0.5, 0.6) is 5.75 Å². The Hall–Kier alpha value is -2.40. The minimum Gasteiger partial charge on any atom is -0.410 e. The third kappa shape index (κ3) is 5.10. The number of benzene rings is 2. The van der Waals surface area contributed by atoms with Crippen LogP contribution in [0, 0.1) is 5.82 Å². The fourth-order valence-electron chi connectivity index (χ4n) is 2.67. The van der Waals surface area contributed by atoms with Crippen LogP contribution in [-0.2, 0) is 10.8 Å². The van der Waals surface area contributed by atoms with Gasteiger partial charge in [-0.05, 0) is 34.6 Å². The summed E-state index contributed by atoms with van der Waals surface area (Å²) in [6, 6.07) is 9.43. The van der Waals surface area contributed by atoms with Crippen LogP contribution >= 0.6 is 11.6 Å². The van der Waals surface area contributed by atoms with Crippen molar-refractivity contribution in [2.45, 2.75) is 52.4 Å². The van der Waals surface area contributed by atoms with Gasteiger partial charge in [-0.25, -0.2) is 9.18 Å². The van der Waals surface area contributed by atoms with Crippen molar-refractivity contribution in [2.75, 3.05) is 0 Å². The summed E-state index contributed by atoms with van der Waals surface area (Å²) in [5, 5.41) is 1.94. The maximum Gasteiger partial charge on any atom is 0.419 e. The molecule has 0 fully saturated rings. The van der Waals surface area contributed by atoms with E-state index < -0.39 is 23.4 Å². The summed E-state index contributed by atoms with van der Waals surface area (Å²) in [7, 11) is 0. The third-order valence-corrected chi connectivity index (χ3v) is 4.58. The maximum absolute atomic E-state index is 13.9. The largest absolute Gasteiger partial charge is 0.419 e. The molecular formula is C22H25ClFNO3. The third-order valence-electron chi connectivity index (χ3n) is 4.26. The molecule has 0 saturated heterocycles. The molecule has 0 spiro atoms. The Balaban J connectivity index is 2.27. The molecule has 0 aliphatic heterocycles. The van der Waals surface area contributed by atoms with Crippen molar-refractivity contribution in [3.8, 4) is 5.75 Å². The van der Waals surface area contributed by atoms with E-state index in [1.54, 1.807) is 6.07 Å². The minimum absolute atomic E-state index is 0.0711. The van der Waals surface area contributed by atoms with E-state index in [1.165, 1.54) is 12.1 Å². The van der Waals surface area contributed by atoms with Gasteiger partial charge in [-0.15, -0.1) is 0 Å². The van der Waals surface area contributed by atoms with Crippen LogP contribution in [0.15, 0.2) is 36.4 Å². The molecule has 6 heteroatoms. The van der Waals surface area contributed by atoms with Crippen LogP contribution < -0.4 is 10.1 Å². The smallest absolute Gasteiger partial charge is 0.410 e. The lowest BCUT2D eigenvalue weighted by Gasteiger charge is -2.26. The first kappa shape index (κ1) is 21.9. The van der Waals surface area contributed by atoms with Gasteiger partial charge in [0.15, 0.2) is 0 Å². The van der Waals surface area contributed by atoms with E-state index >= 15 is 0 Å². The van der Waals surface area contributed by atoms with Crippen molar-refractivity contribution in [1.29, 1.82) is 0 Å². The zero-order valence-electron chi connectivity index (χ0n) is 16.9. The maximum atomic E-state index is 13.9. The molecule has 1 N–H and O–H groups in total. The molecule has 0 saturated carbocycles. The number of halogens is 2. The number of hydrogen-bond acceptors (Lipinski definition) is 3. The fourth-order valence-corrected chi connectivity index (χ4v) is 2.92. The van der Waals surface area contributed by atoms with Crippen molar-refractivity contribution in [3.05, 3.63) is 63.9 Å². The lowest BCUT2D eigenvalue weighted by Crippen LogP contribution is -2.34. The van der Waals surface area contributed by atoms with Gasteiger partial charge in [-0.3, -0.25) is 10.1 Å². The van der Waals surface area contributed by atoms with Crippen LogP contribution in [0.4, 0.5) is 9.18 Å². The zero-order valence-corrected chi connectivity index (χ0v) is 17.7. The van der Waals surface area contributed by atoms with Crippen LogP contribution in [0.25, 0.3) is 0 Å². The number of imide groups is 1. The Morgan fingerprint density at radius 3 is 2.18 bits per heavy atom. The van der Waals surface area contributed by atoms with Gasteiger partial charge < -0.3 is 4.74 Å². The lowest BCUT2D eigenvalue weighted by atomic mass is 9.80. The minimum atomic E-state index is -1.00. The van der Waals surface area contributed by atoms with Crippen molar-refractivity contribution < 1.29 is 18.7 Å². The second-order valence-electron chi connectivity index (χ2n) is 8.65. The number of carbonyl (C=O) groups is 2. The normalized spacial score (nSPS) is 11.9. The second-order valence-corrected chi connectivity index (χ2v) is 9.06. The molecule has 2 aromatic carbocycles. The molecule has 0 heterocycles. The highest BCUT2D eigenvalue weighted by molar-refractivity contribution is 6.34. The molecule has 0 aliphatic rings. The molecule has 150 valence electrons. The first-order valence-corrected chi connectivity index (χ1v) is 9.30. The topological polar surface area (TPSA) is 55.4 Å². The van der Waals surface area contributed by atoms with Gasteiger partial charge in [-0.1, -0.05) is 71.3 Å². The van der Waals surface area contributed by atoms with Gasteiger partial charge in [-0.2, -0.15) is 0 Å². The van der Waals surface area contributed by atoms with Crippen LogP contribution in [0.3, 0.4) is 0 Å². The molecule has 0 bridgehead atoms. The van der Waals surface area contributed by atoms with Gasteiger partial charge in [0.2, 0.25) is 0 Å². The van der Waals surface area contributed by atoms with Gasteiger partial charge in [0.25, 0.3) is 5.91 Å². The summed E-state index contributed by atoms with van der Waals surface area (Å²) in [5.41, 5.74) is 1.15. The SMILES string of the molecule is CC(C)(C)c1ccc(OC(=O)NC(=O)c2c(F)cccc2Cl)c(C(C)(C)C)c1. The summed E-state index contributed by atoms with van der Waals surface area (Å²) < 4.78 is 19.2. The standard InChI is InChI=1S/C22H25ClFNO3/c1-21(2,3)13-10-11-17(14(12-13)22(4,5)6)28-20(27)25-19(26)18-15(23)8-7-9-16(18)24/h7-12H,1-6H3,(H,25,26,27). The highest BCUT2D eigenvalue weighted by Crippen LogP contribution is 2.35. The number of rotatable bonds is 2. The van der Waals surface area contributed by atoms with E-state index in [0.29, 0.717) is 5.75 Å². The van der Waals surface area contributed by atoms with E-state index in [0.717, 1.165) is 17.2 Å². The summed E-state index contributed by atoms with van der Waals surface area (Å²) >= 11 is 5.86. The predicted molar refractivity (Wildman–Crippen MR) is 109 cm³/mol. The summed E-state index contributed by atoms with van der Waals surface area (Å²) in [4.78, 5) is 24.5. The second kappa shape index (κ2) is 7.92. The number of carbonyl (C=O) groups excluding carboxylic acids is 2. The Labute approximate surface area is 170 Å². The summed E-state index contributed by atoms with van der Waals surface area (Å²) in [6.07, 6.45) is -1.00. The van der Waals surface area contributed by atoms with Crippen LogP contribution in [0.2, 0.25) is 5.02 Å². The van der Waals surface area contributed by atoms with E-state index in [2.05, 4.69) is 20.8 Å². The molecule has 28 heavy (non-hydrogen) atoms. The monoisotopic (exact) mass is 405 g/mol. The van der Waals surface area contributed by atoms with E-state index in [1.807, 2.05) is 38.2 Å². The molecule has 0 radical (unpaired) electrons. The van der Waals surface area contributed by atoms with E-state index in [-0.39, 0.29) is 15.9 Å². The van der Waals surface area contributed by atoms with Crippen molar-refractivity contribution in [1.82, 2.24) is 5.32 Å². The Morgan fingerprint density at radius 1 is 1.00 bits per heavy atom. The predicted octanol–water partition coefficient (Wildman–Crippen LogP) is 6.00. The van der Waals surface area contributed by atoms with Crippen LogP contribution in [0.1, 0.15) is 63.0 Å². The molecule has 0 atom stereocenters. The molecule has 0 aromatic heterocycles. The fraction of sp³-hybridized carbons (Fsp3) is 0.364. The first-order valence-electron chi connectivity index (χ1n) is 8.93. The highest BCUT2D eigenvalue weighted by atomic mass is 35.5. The van der Waals surface area contributed by atoms with Gasteiger partial charge in [0, 0.05) is 5.56 Å². The molecule has 4 nitrogen and oxygen atoms in total. The molecule has 2 amide bonds. The quantitative estimate of drug-likeness (QED) is 0.666. The van der Waals surface area contributed by atoms with Crippen molar-refractivity contribution in [3.63, 3.8) is 0 Å².